The highest BCUT2D eigenvalue weighted by molar-refractivity contribution is 7.89. The Morgan fingerprint density at radius 2 is 2.25 bits per heavy atom. The molecule has 0 unspecified atom stereocenters. The molecule has 1 saturated heterocycles. The molecule has 2 rings (SSSR count). The minimum atomic E-state index is -3.05. The van der Waals surface area contributed by atoms with Crippen LogP contribution >= 0.6 is 0 Å². The molecule has 12 heavy (non-hydrogen) atoms. The molecule has 2 N–H and O–H groups in total. The van der Waals surface area contributed by atoms with E-state index in [1.54, 1.807) is 6.20 Å². The lowest BCUT2D eigenvalue weighted by molar-refractivity contribution is 0.319. The number of nitrogens with one attached hydrogen (secondary N) is 2. The number of hydrogen-bond donors (Lipinski definition) is 2. The Hall–Kier alpha value is -0.910. The van der Waals surface area contributed by atoms with Gasteiger partial charge in [-0.3, -0.25) is 4.72 Å². The molecule has 5 nitrogen and oxygen atoms in total. The van der Waals surface area contributed by atoms with Gasteiger partial charge in [-0.05, 0) is 0 Å². The largest absolute Gasteiger partial charge is 0.386 e. The first-order chi connectivity index (χ1) is 5.67. The van der Waals surface area contributed by atoms with Crippen LogP contribution in [-0.2, 0) is 10.0 Å². The molecule has 0 aromatic rings. The van der Waals surface area contributed by atoms with Gasteiger partial charge in [0.05, 0.1) is 5.75 Å². The van der Waals surface area contributed by atoms with Gasteiger partial charge in [-0.15, -0.1) is 0 Å². The highest BCUT2D eigenvalue weighted by Gasteiger charge is 2.25. The molecule has 0 spiro atoms. The van der Waals surface area contributed by atoms with Crippen molar-refractivity contribution >= 4 is 10.0 Å². The van der Waals surface area contributed by atoms with Gasteiger partial charge in [0, 0.05) is 25.8 Å². The van der Waals surface area contributed by atoms with Gasteiger partial charge >= 0.3 is 0 Å². The van der Waals surface area contributed by atoms with E-state index in [4.69, 9.17) is 0 Å². The molecule has 2 aliphatic rings. The zero-order valence-corrected chi connectivity index (χ0v) is 7.39. The number of rotatable bonds is 0. The lowest BCUT2D eigenvalue weighted by Gasteiger charge is -2.34. The maximum absolute atomic E-state index is 11.1. The van der Waals surface area contributed by atoms with Crippen molar-refractivity contribution in [3.63, 3.8) is 0 Å². The Balaban J connectivity index is 2.23. The van der Waals surface area contributed by atoms with Crippen LogP contribution in [0, 0.1) is 0 Å². The fourth-order valence-electron chi connectivity index (χ4n) is 1.35. The molecule has 0 aromatic carbocycles. The van der Waals surface area contributed by atoms with E-state index >= 15 is 0 Å². The Morgan fingerprint density at radius 1 is 1.42 bits per heavy atom. The molecular formula is C6H11N3O2S. The van der Waals surface area contributed by atoms with E-state index in [9.17, 15) is 8.42 Å². The molecule has 68 valence electrons. The van der Waals surface area contributed by atoms with E-state index in [0.29, 0.717) is 12.4 Å². The Kier molecular flexibility index (Phi) is 1.64. The summed E-state index contributed by atoms with van der Waals surface area (Å²) in [4.78, 5) is 2.03. The first-order valence-corrected chi connectivity index (χ1v) is 5.52. The topological polar surface area (TPSA) is 61.4 Å². The Labute approximate surface area is 71.5 Å². The van der Waals surface area contributed by atoms with E-state index in [2.05, 4.69) is 10.0 Å². The predicted molar refractivity (Wildman–Crippen MR) is 44.6 cm³/mol. The minimum Gasteiger partial charge on any atom is -0.386 e. The second-order valence-electron chi connectivity index (χ2n) is 2.89. The summed E-state index contributed by atoms with van der Waals surface area (Å²) in [5, 5.41) is 2.99. The Bertz CT molecular complexity index is 309. The van der Waals surface area contributed by atoms with Gasteiger partial charge in [0.15, 0.2) is 0 Å². The maximum Gasteiger partial charge on any atom is 0.235 e. The van der Waals surface area contributed by atoms with Crippen molar-refractivity contribution in [2.45, 2.75) is 0 Å². The zero-order chi connectivity index (χ0) is 8.60. The predicted octanol–water partition coefficient (Wildman–Crippen LogP) is -1.38. The third-order valence-corrected chi connectivity index (χ3v) is 3.24. The fraction of sp³-hybridized carbons (Fsp3) is 0.667. The molecule has 6 heteroatoms. The van der Waals surface area contributed by atoms with Crippen molar-refractivity contribution in [2.24, 2.45) is 0 Å². The van der Waals surface area contributed by atoms with Gasteiger partial charge < -0.3 is 10.2 Å². The van der Waals surface area contributed by atoms with Crippen molar-refractivity contribution in [1.29, 1.82) is 0 Å². The van der Waals surface area contributed by atoms with E-state index in [1.165, 1.54) is 0 Å². The molecular weight excluding hydrogens is 178 g/mol. The van der Waals surface area contributed by atoms with Crippen molar-refractivity contribution < 1.29 is 8.42 Å². The van der Waals surface area contributed by atoms with Crippen LogP contribution in [0.3, 0.4) is 0 Å². The lowest BCUT2D eigenvalue weighted by atomic mass is 10.4. The minimum absolute atomic E-state index is 0.199. The summed E-state index contributed by atoms with van der Waals surface area (Å²) >= 11 is 0. The van der Waals surface area contributed by atoms with Crippen molar-refractivity contribution in [1.82, 2.24) is 14.9 Å². The number of fused-ring (bicyclic) bond motifs is 1. The first kappa shape index (κ1) is 7.72. The average Bonchev–Trinajstić information content (AvgIpc) is 2.02. The molecule has 0 radical (unpaired) electrons. The standard InChI is InChI=1S/C6H11N3O2S/c10-12(11)4-3-9-2-1-7-5-6(9)8-12/h5,7-8H,1-4H2. The molecule has 0 saturated carbocycles. The van der Waals surface area contributed by atoms with Gasteiger partial charge in [-0.25, -0.2) is 8.42 Å². The van der Waals surface area contributed by atoms with Crippen molar-refractivity contribution in [3.05, 3.63) is 12.0 Å². The quantitative estimate of drug-likeness (QED) is 0.493. The normalized spacial score (nSPS) is 26.3. The highest BCUT2D eigenvalue weighted by Crippen LogP contribution is 2.10. The number of nitrogens with zero attached hydrogens (tertiary/aromatic N) is 1. The van der Waals surface area contributed by atoms with E-state index < -0.39 is 10.0 Å². The summed E-state index contributed by atoms with van der Waals surface area (Å²) in [5.41, 5.74) is 0. The second-order valence-corrected chi connectivity index (χ2v) is 4.73. The lowest BCUT2D eigenvalue weighted by Crippen LogP contribution is -2.50. The van der Waals surface area contributed by atoms with Crippen LogP contribution in [0.4, 0.5) is 0 Å². The van der Waals surface area contributed by atoms with Crippen LogP contribution < -0.4 is 10.0 Å². The molecule has 0 aromatic heterocycles. The first-order valence-electron chi connectivity index (χ1n) is 3.86. The van der Waals surface area contributed by atoms with E-state index in [1.807, 2.05) is 4.90 Å². The second kappa shape index (κ2) is 2.55. The molecule has 0 aliphatic carbocycles. The number of hydrogen-bond acceptors (Lipinski definition) is 4. The molecule has 1 fully saturated rings. The highest BCUT2D eigenvalue weighted by atomic mass is 32.2. The van der Waals surface area contributed by atoms with Gasteiger partial charge in [0.25, 0.3) is 0 Å². The smallest absolute Gasteiger partial charge is 0.235 e. The summed E-state index contributed by atoms with van der Waals surface area (Å²) in [7, 11) is -3.05. The van der Waals surface area contributed by atoms with Gasteiger partial charge in [-0.2, -0.15) is 0 Å². The summed E-state index contributed by atoms with van der Waals surface area (Å²) in [6.07, 6.45) is 1.71. The van der Waals surface area contributed by atoms with Crippen molar-refractivity contribution in [3.8, 4) is 0 Å². The van der Waals surface area contributed by atoms with Gasteiger partial charge in [0.1, 0.15) is 5.82 Å². The number of sulfonamides is 1. The third kappa shape index (κ3) is 1.34. The van der Waals surface area contributed by atoms with E-state index in [0.717, 1.165) is 13.1 Å². The van der Waals surface area contributed by atoms with Gasteiger partial charge in [0.2, 0.25) is 10.0 Å². The van der Waals surface area contributed by atoms with Crippen LogP contribution in [0.15, 0.2) is 12.0 Å². The summed E-state index contributed by atoms with van der Waals surface area (Å²) < 4.78 is 24.7. The molecule has 0 amide bonds. The zero-order valence-electron chi connectivity index (χ0n) is 6.58. The molecule has 2 heterocycles. The molecule has 2 aliphatic heterocycles. The monoisotopic (exact) mass is 189 g/mol. The van der Waals surface area contributed by atoms with Crippen molar-refractivity contribution in [2.75, 3.05) is 25.4 Å². The average molecular weight is 189 g/mol. The van der Waals surface area contributed by atoms with Crippen LogP contribution in [-0.4, -0.2) is 38.7 Å². The third-order valence-electron chi connectivity index (χ3n) is 2.00. The van der Waals surface area contributed by atoms with Crippen LogP contribution in [0.2, 0.25) is 0 Å². The maximum atomic E-state index is 11.1. The summed E-state index contributed by atoms with van der Waals surface area (Å²) in [5.74, 6) is 0.872. The molecule has 0 atom stereocenters. The molecule has 0 bridgehead atoms. The van der Waals surface area contributed by atoms with Crippen LogP contribution in [0.5, 0.6) is 0 Å². The van der Waals surface area contributed by atoms with Crippen LogP contribution in [0.25, 0.3) is 0 Å². The summed E-state index contributed by atoms with van der Waals surface area (Å²) in [6.45, 7) is 2.35. The van der Waals surface area contributed by atoms with Crippen LogP contribution in [0.1, 0.15) is 0 Å². The fourth-order valence-corrected chi connectivity index (χ4v) is 2.42. The van der Waals surface area contributed by atoms with E-state index in [-0.39, 0.29) is 5.75 Å². The SMILES string of the molecule is O=S1(=O)CCN2CCNC=C2N1. The summed E-state index contributed by atoms with van der Waals surface area (Å²) in [6, 6.07) is 0. The van der Waals surface area contributed by atoms with Gasteiger partial charge in [-0.1, -0.05) is 0 Å². The Morgan fingerprint density at radius 3 is 3.08 bits per heavy atom.